The van der Waals surface area contributed by atoms with Crippen LogP contribution >= 0.6 is 0 Å². The van der Waals surface area contributed by atoms with E-state index < -0.39 is 5.91 Å². The minimum absolute atomic E-state index is 0.117. The van der Waals surface area contributed by atoms with Gasteiger partial charge in [-0.25, -0.2) is 0 Å². The van der Waals surface area contributed by atoms with E-state index in [0.717, 1.165) is 25.1 Å². The summed E-state index contributed by atoms with van der Waals surface area (Å²) in [6.45, 7) is 0.780. The first-order valence-electron chi connectivity index (χ1n) is 8.30. The van der Waals surface area contributed by atoms with Gasteiger partial charge in [-0.15, -0.1) is 0 Å². The summed E-state index contributed by atoms with van der Waals surface area (Å²) in [4.78, 5) is 11.3. The summed E-state index contributed by atoms with van der Waals surface area (Å²) in [5.74, 6) is -0.190. The zero-order chi connectivity index (χ0) is 17.8. The van der Waals surface area contributed by atoms with Crippen LogP contribution in [0, 0.1) is 5.41 Å². The zero-order valence-electron chi connectivity index (χ0n) is 13.8. The first-order valence-corrected chi connectivity index (χ1v) is 8.30. The molecule has 1 aromatic rings. The third-order valence-corrected chi connectivity index (χ3v) is 4.53. The predicted molar refractivity (Wildman–Crippen MR) is 98.3 cm³/mol. The predicted octanol–water partition coefficient (Wildman–Crippen LogP) is 1.77. The molecule has 1 fully saturated rings. The summed E-state index contributed by atoms with van der Waals surface area (Å²) in [6.07, 6.45) is 8.06. The van der Waals surface area contributed by atoms with Crippen LogP contribution in [-0.4, -0.2) is 29.5 Å². The number of aliphatic hydroxyl groups excluding tert-OH is 1. The lowest BCUT2D eigenvalue weighted by atomic mass is 9.91. The SMILES string of the molecule is N=C1C(C(N)=O)=CC=C/C1=C/Nc1ccc([C@@H]2CCC(O)NC2)cc1. The molecule has 0 saturated carbocycles. The Kier molecular flexibility index (Phi) is 5.11. The first-order chi connectivity index (χ1) is 12.0. The molecule has 1 aliphatic carbocycles. The molecule has 6 N–H and O–H groups in total. The number of amides is 1. The second kappa shape index (κ2) is 7.46. The number of carbonyl (C=O) groups excluding carboxylic acids is 1. The number of nitrogens with two attached hydrogens (primary N) is 1. The van der Waals surface area contributed by atoms with Gasteiger partial charge in [-0.05, 0) is 42.5 Å². The van der Waals surface area contributed by atoms with Gasteiger partial charge in [-0.3, -0.25) is 15.5 Å². The van der Waals surface area contributed by atoms with E-state index in [9.17, 15) is 9.90 Å². The topological polar surface area (TPSA) is 111 Å². The number of primary amides is 1. The maximum absolute atomic E-state index is 11.3. The number of allylic oxidation sites excluding steroid dienone is 4. The van der Waals surface area contributed by atoms with Crippen LogP contribution in [0.15, 0.2) is 59.8 Å². The molecule has 0 aromatic heterocycles. The monoisotopic (exact) mass is 338 g/mol. The van der Waals surface area contributed by atoms with Crippen molar-refractivity contribution in [3.63, 3.8) is 0 Å². The Hall–Kier alpha value is -2.70. The van der Waals surface area contributed by atoms with Crippen molar-refractivity contribution in [3.05, 3.63) is 65.4 Å². The number of rotatable bonds is 4. The maximum Gasteiger partial charge on any atom is 0.250 e. The summed E-state index contributed by atoms with van der Waals surface area (Å²) in [5, 5.41) is 23.8. The van der Waals surface area contributed by atoms with Crippen LogP contribution in [0.3, 0.4) is 0 Å². The van der Waals surface area contributed by atoms with Crippen molar-refractivity contribution in [2.24, 2.45) is 5.73 Å². The molecular formula is C19H22N4O2. The quantitative estimate of drug-likeness (QED) is 0.576. The van der Waals surface area contributed by atoms with Crippen LogP contribution in [0.2, 0.25) is 0 Å². The Bertz CT molecular complexity index is 754. The van der Waals surface area contributed by atoms with Gasteiger partial charge in [0.05, 0.1) is 11.3 Å². The van der Waals surface area contributed by atoms with Gasteiger partial charge in [-0.2, -0.15) is 0 Å². The van der Waals surface area contributed by atoms with Crippen molar-refractivity contribution in [3.8, 4) is 0 Å². The van der Waals surface area contributed by atoms with E-state index >= 15 is 0 Å². The third kappa shape index (κ3) is 4.04. The number of hydrogen-bond acceptors (Lipinski definition) is 5. The Morgan fingerprint density at radius 3 is 2.72 bits per heavy atom. The molecule has 3 rings (SSSR count). The van der Waals surface area contributed by atoms with Gasteiger partial charge in [0.15, 0.2) is 0 Å². The highest BCUT2D eigenvalue weighted by Gasteiger charge is 2.20. The summed E-state index contributed by atoms with van der Waals surface area (Å²) in [6, 6.07) is 8.11. The molecule has 1 aliphatic heterocycles. The Morgan fingerprint density at radius 2 is 2.08 bits per heavy atom. The maximum atomic E-state index is 11.3. The van der Waals surface area contributed by atoms with Crippen LogP contribution in [0.4, 0.5) is 5.69 Å². The second-order valence-electron chi connectivity index (χ2n) is 6.24. The number of nitrogens with one attached hydrogen (secondary N) is 3. The van der Waals surface area contributed by atoms with E-state index in [1.54, 1.807) is 24.4 Å². The van der Waals surface area contributed by atoms with E-state index in [2.05, 4.69) is 22.8 Å². The second-order valence-corrected chi connectivity index (χ2v) is 6.24. The van der Waals surface area contributed by atoms with Crippen LogP contribution in [-0.2, 0) is 4.79 Å². The molecule has 130 valence electrons. The van der Waals surface area contributed by atoms with Gasteiger partial charge >= 0.3 is 0 Å². The Morgan fingerprint density at radius 1 is 1.32 bits per heavy atom. The molecule has 1 amide bonds. The minimum atomic E-state index is -0.601. The normalized spacial score (nSPS) is 24.9. The van der Waals surface area contributed by atoms with Gasteiger partial charge in [0.25, 0.3) is 5.91 Å². The lowest BCUT2D eigenvalue weighted by molar-refractivity contribution is -0.114. The summed E-state index contributed by atoms with van der Waals surface area (Å²) in [5.41, 5.74) is 8.34. The van der Waals surface area contributed by atoms with E-state index in [4.69, 9.17) is 11.1 Å². The highest BCUT2D eigenvalue weighted by Crippen LogP contribution is 2.26. The van der Waals surface area contributed by atoms with Crippen molar-refractivity contribution >= 4 is 17.3 Å². The molecule has 1 saturated heterocycles. The molecule has 0 bridgehead atoms. The number of anilines is 1. The molecular weight excluding hydrogens is 316 g/mol. The van der Waals surface area contributed by atoms with Crippen LogP contribution < -0.4 is 16.4 Å². The fraction of sp³-hybridized carbons (Fsp3) is 0.263. The molecule has 25 heavy (non-hydrogen) atoms. The molecule has 6 heteroatoms. The highest BCUT2D eigenvalue weighted by atomic mass is 16.3. The fourth-order valence-corrected chi connectivity index (χ4v) is 3.03. The standard InChI is InChI=1S/C19H22N4O2/c20-18-14(2-1-3-16(18)19(21)25)11-22-15-7-4-12(5-8-15)13-6-9-17(24)23-10-13/h1-5,7-8,11,13,17,20,22-24H,6,9-10H2,(H2,21,25)/b14-11-,20-18?/t13-,17?/m1/s1. The number of carbonyl (C=O) groups is 1. The van der Waals surface area contributed by atoms with Crippen LogP contribution in [0.1, 0.15) is 24.3 Å². The average Bonchev–Trinajstić information content (AvgIpc) is 2.62. The van der Waals surface area contributed by atoms with E-state index in [-0.39, 0.29) is 17.5 Å². The van der Waals surface area contributed by atoms with Crippen molar-refractivity contribution in [2.75, 3.05) is 11.9 Å². The molecule has 6 nitrogen and oxygen atoms in total. The van der Waals surface area contributed by atoms with E-state index in [1.165, 1.54) is 5.56 Å². The summed E-state index contributed by atoms with van der Waals surface area (Å²) < 4.78 is 0. The van der Waals surface area contributed by atoms with E-state index in [0.29, 0.717) is 11.5 Å². The van der Waals surface area contributed by atoms with Gasteiger partial charge in [0, 0.05) is 24.0 Å². The van der Waals surface area contributed by atoms with E-state index in [1.807, 2.05) is 12.1 Å². The Balaban J connectivity index is 1.64. The van der Waals surface area contributed by atoms with Crippen molar-refractivity contribution < 1.29 is 9.90 Å². The fourth-order valence-electron chi connectivity index (χ4n) is 3.03. The average molecular weight is 338 g/mol. The summed E-state index contributed by atoms with van der Waals surface area (Å²) in [7, 11) is 0. The number of piperidine rings is 1. The lowest BCUT2D eigenvalue weighted by Gasteiger charge is -2.27. The minimum Gasteiger partial charge on any atom is -0.379 e. The zero-order valence-corrected chi connectivity index (χ0v) is 13.8. The van der Waals surface area contributed by atoms with Crippen LogP contribution in [0.25, 0.3) is 0 Å². The number of benzene rings is 1. The molecule has 1 heterocycles. The van der Waals surface area contributed by atoms with Crippen molar-refractivity contribution in [1.29, 1.82) is 5.41 Å². The lowest BCUT2D eigenvalue weighted by Crippen LogP contribution is -2.37. The van der Waals surface area contributed by atoms with Crippen molar-refractivity contribution in [2.45, 2.75) is 25.0 Å². The molecule has 0 radical (unpaired) electrons. The number of aliphatic hydroxyl groups is 1. The molecule has 2 atom stereocenters. The summed E-state index contributed by atoms with van der Waals surface area (Å²) >= 11 is 0. The van der Waals surface area contributed by atoms with Crippen LogP contribution in [0.5, 0.6) is 0 Å². The first kappa shape index (κ1) is 17.1. The third-order valence-electron chi connectivity index (χ3n) is 4.53. The smallest absolute Gasteiger partial charge is 0.250 e. The highest BCUT2D eigenvalue weighted by molar-refractivity contribution is 6.28. The van der Waals surface area contributed by atoms with Gasteiger partial charge in [0.2, 0.25) is 0 Å². The molecule has 1 aromatic carbocycles. The largest absolute Gasteiger partial charge is 0.379 e. The molecule has 2 aliphatic rings. The molecule has 0 spiro atoms. The van der Waals surface area contributed by atoms with Gasteiger partial charge < -0.3 is 16.2 Å². The Labute approximate surface area is 146 Å². The number of hydrogen-bond donors (Lipinski definition) is 5. The van der Waals surface area contributed by atoms with Gasteiger partial charge in [0.1, 0.15) is 6.23 Å². The van der Waals surface area contributed by atoms with Gasteiger partial charge in [-0.1, -0.05) is 24.3 Å². The molecule has 1 unspecified atom stereocenters. The van der Waals surface area contributed by atoms with Crippen molar-refractivity contribution in [1.82, 2.24) is 5.32 Å².